The highest BCUT2D eigenvalue weighted by atomic mass is 16.5. The molecule has 2 aromatic carbocycles. The lowest BCUT2D eigenvalue weighted by atomic mass is 9.95. The average molecular weight is 1140 g/mol. The molecule has 0 aliphatic carbocycles. The molecule has 10 amide bonds. The van der Waals surface area contributed by atoms with Gasteiger partial charge in [-0.2, -0.15) is 0 Å². The first-order valence-corrected chi connectivity index (χ1v) is 26.6. The second-order valence-electron chi connectivity index (χ2n) is 20.7. The summed E-state index contributed by atoms with van der Waals surface area (Å²) in [4.78, 5) is 141. The number of aliphatic hydroxyl groups is 4. The highest BCUT2D eigenvalue weighted by Crippen LogP contribution is 2.20. The molecule has 1 heterocycles. The van der Waals surface area contributed by atoms with Crippen LogP contribution in [0.15, 0.2) is 60.7 Å². The van der Waals surface area contributed by atoms with Gasteiger partial charge in [0.15, 0.2) is 5.96 Å². The first kappa shape index (κ1) is 67.3. The van der Waals surface area contributed by atoms with Crippen molar-refractivity contribution >= 4 is 65.2 Å². The van der Waals surface area contributed by atoms with Crippen LogP contribution >= 0.6 is 0 Å². The van der Waals surface area contributed by atoms with Crippen LogP contribution in [0, 0.1) is 23.2 Å². The van der Waals surface area contributed by atoms with Crippen LogP contribution in [0.1, 0.15) is 91.3 Å². The molecule has 2 aromatic rings. The van der Waals surface area contributed by atoms with Crippen molar-refractivity contribution in [2.24, 2.45) is 23.5 Å². The van der Waals surface area contributed by atoms with Crippen molar-refractivity contribution < 1.29 is 73.1 Å². The standard InChI is InChI=1S/C53H81N13O15/c1-27(2)21-34-45(73)59-33(19-14-20-56-52(54)55)44(72)60-35(22-28(3)4)46(74)63-39(30(7)69)49(77)57-23-38(70)58-36(24-67)47(75)62-37(25-68)48(76)64-40(32-17-12-9-13-18-32)41(66-53(80)81-26-31-15-10-8-11-16-31)50(78)65-42(51(79)61-34)43(71)29(5)6/h8-13,15-18,27-30,33-37,39-43,67-69,71H,14,19-26H2,1-7H3,(H,57,77)(H,58,70)(H,59,73)(H,60,72)(H,61,79)(H,62,75)(H,63,74)(H,64,76)(H,65,78)(H,66,80)(H4,54,55,56)/t30-,33+,34-,35-,36-,37?,39-,40+,41-,42-,43+/m0/s1. The van der Waals surface area contributed by atoms with Crippen molar-refractivity contribution in [2.45, 2.75) is 147 Å². The van der Waals surface area contributed by atoms with E-state index in [1.807, 2.05) is 0 Å². The van der Waals surface area contributed by atoms with Gasteiger partial charge >= 0.3 is 6.09 Å². The summed E-state index contributed by atoms with van der Waals surface area (Å²) in [5.74, 6) is -11.5. The molecule has 1 fully saturated rings. The van der Waals surface area contributed by atoms with Crippen molar-refractivity contribution in [2.75, 3.05) is 26.3 Å². The largest absolute Gasteiger partial charge is 0.445 e. The molecular formula is C53H81N13O15. The number of benzene rings is 2. The van der Waals surface area contributed by atoms with Crippen molar-refractivity contribution in [3.8, 4) is 0 Å². The van der Waals surface area contributed by atoms with Crippen LogP contribution in [-0.2, 0) is 54.5 Å². The van der Waals surface area contributed by atoms with Gasteiger partial charge in [0.1, 0.15) is 54.9 Å². The molecule has 18 N–H and O–H groups in total. The summed E-state index contributed by atoms with van der Waals surface area (Å²) >= 11 is 0. The molecule has 11 atom stereocenters. The van der Waals surface area contributed by atoms with Gasteiger partial charge in [0.25, 0.3) is 0 Å². The van der Waals surface area contributed by atoms with Crippen molar-refractivity contribution in [3.05, 3.63) is 71.8 Å². The second-order valence-corrected chi connectivity index (χ2v) is 20.7. The van der Waals surface area contributed by atoms with Crippen molar-refractivity contribution in [1.82, 2.24) is 58.5 Å². The average Bonchev–Trinajstić information content (AvgIpc) is 3.41. The molecule has 28 heteroatoms. The maximum Gasteiger partial charge on any atom is 0.408 e. The van der Waals surface area contributed by atoms with Gasteiger partial charge in [-0.15, -0.1) is 0 Å². The van der Waals surface area contributed by atoms with Crippen molar-refractivity contribution in [3.63, 3.8) is 0 Å². The molecule has 3 rings (SSSR count). The topological polar surface area (TPSA) is 443 Å². The number of hydrogen-bond acceptors (Lipinski definition) is 16. The number of nitrogens with two attached hydrogens (primary N) is 1. The Morgan fingerprint density at radius 3 is 1.64 bits per heavy atom. The van der Waals surface area contributed by atoms with E-state index in [0.29, 0.717) is 5.56 Å². The van der Waals surface area contributed by atoms with E-state index in [-0.39, 0.29) is 62.2 Å². The molecule has 448 valence electrons. The minimum absolute atomic E-state index is 0.0429. The second kappa shape index (κ2) is 33.6. The lowest BCUT2D eigenvalue weighted by molar-refractivity contribution is -0.138. The number of hydrogen-bond donors (Lipinski definition) is 17. The SMILES string of the molecule is CC(C)C[C@@H]1NC(=O)[C@H]([C@H](O)C(C)C)NC(=O)[C@@H](NC(=O)OCc2ccccc2)[C@@H](c2ccccc2)NC(=O)C(CO)NC(=O)[C@H](CO)NC(=O)CNC(=O)[C@H]([C@H](C)O)NC(=O)[C@H](CC(C)C)NC(=O)[C@@H](CCCNC(=N)N)NC1=O. The van der Waals surface area contributed by atoms with Gasteiger partial charge < -0.3 is 89.4 Å². The number of amides is 10. The Hall–Kier alpha value is -7.95. The molecule has 1 unspecified atom stereocenters. The maximum absolute atomic E-state index is 14.9. The number of nitrogens with one attached hydrogen (secondary N) is 12. The highest BCUT2D eigenvalue weighted by Gasteiger charge is 2.41. The molecule has 28 nitrogen and oxygen atoms in total. The Kier molecular flexibility index (Phi) is 27.9. The minimum atomic E-state index is -1.96. The predicted molar refractivity (Wildman–Crippen MR) is 292 cm³/mol. The number of ether oxygens (including phenoxy) is 1. The van der Waals surface area contributed by atoms with Gasteiger partial charge in [0.05, 0.1) is 38.0 Å². The third-order valence-corrected chi connectivity index (χ3v) is 12.6. The molecule has 1 aliphatic rings. The Balaban J connectivity index is 2.27. The Bertz CT molecular complexity index is 2450. The van der Waals surface area contributed by atoms with E-state index in [9.17, 15) is 68.4 Å². The number of aliphatic hydroxyl groups excluding tert-OH is 4. The van der Waals surface area contributed by atoms with E-state index >= 15 is 0 Å². The molecule has 0 saturated carbocycles. The fraction of sp³-hybridized carbons (Fsp3) is 0.566. The molecule has 0 spiro atoms. The summed E-state index contributed by atoms with van der Waals surface area (Å²) in [6.07, 6.45) is -4.68. The molecule has 0 aromatic heterocycles. The Morgan fingerprint density at radius 1 is 0.617 bits per heavy atom. The molecule has 0 radical (unpaired) electrons. The minimum Gasteiger partial charge on any atom is -0.445 e. The molecule has 1 saturated heterocycles. The summed E-state index contributed by atoms with van der Waals surface area (Å²) in [5.41, 5.74) is 6.14. The molecule has 1 aliphatic heterocycles. The molecule has 0 bridgehead atoms. The summed E-state index contributed by atoms with van der Waals surface area (Å²) in [7, 11) is 0. The normalized spacial score (nSPS) is 24.5. The lowest BCUT2D eigenvalue weighted by Crippen LogP contribution is -2.64. The number of carbonyl (C=O) groups excluding carboxylic acids is 10. The fourth-order valence-electron chi connectivity index (χ4n) is 8.25. The zero-order chi connectivity index (χ0) is 60.5. The monoisotopic (exact) mass is 1140 g/mol. The number of alkyl carbamates (subject to hydrolysis) is 1. The summed E-state index contributed by atoms with van der Waals surface area (Å²) in [5, 5.41) is 77.5. The maximum atomic E-state index is 14.9. The summed E-state index contributed by atoms with van der Waals surface area (Å²) in [6, 6.07) is 0.611. The Morgan fingerprint density at radius 2 is 1.10 bits per heavy atom. The fourth-order valence-corrected chi connectivity index (χ4v) is 8.25. The zero-order valence-corrected chi connectivity index (χ0v) is 46.6. The predicted octanol–water partition coefficient (Wildman–Crippen LogP) is -3.60. The zero-order valence-electron chi connectivity index (χ0n) is 46.6. The van der Waals surface area contributed by atoms with Gasteiger partial charge in [-0.3, -0.25) is 48.6 Å². The summed E-state index contributed by atoms with van der Waals surface area (Å²) < 4.78 is 5.46. The van der Waals surface area contributed by atoms with E-state index < -0.39 is 152 Å². The van der Waals surface area contributed by atoms with Crippen LogP contribution in [-0.4, -0.2) is 172 Å². The third kappa shape index (κ3) is 22.6. The Labute approximate surface area is 469 Å². The van der Waals surface area contributed by atoms with Crippen molar-refractivity contribution in [1.29, 1.82) is 5.41 Å². The highest BCUT2D eigenvalue weighted by molar-refractivity contribution is 5.99. The van der Waals surface area contributed by atoms with E-state index in [0.717, 1.165) is 6.92 Å². The van der Waals surface area contributed by atoms with Gasteiger partial charge in [-0.25, -0.2) is 4.79 Å². The third-order valence-electron chi connectivity index (χ3n) is 12.6. The first-order chi connectivity index (χ1) is 38.3. The van der Waals surface area contributed by atoms with Crippen LogP contribution in [0.25, 0.3) is 0 Å². The van der Waals surface area contributed by atoms with E-state index in [1.54, 1.807) is 64.1 Å². The van der Waals surface area contributed by atoms with Crippen LogP contribution in [0.2, 0.25) is 0 Å². The number of carbonyl (C=O) groups is 10. The van der Waals surface area contributed by atoms with Gasteiger partial charge in [0, 0.05) is 6.54 Å². The first-order valence-electron chi connectivity index (χ1n) is 26.6. The van der Waals surface area contributed by atoms with E-state index in [4.69, 9.17) is 15.9 Å². The molecular weight excluding hydrogens is 1060 g/mol. The van der Waals surface area contributed by atoms with Gasteiger partial charge in [-0.05, 0) is 61.5 Å². The number of rotatable bonds is 17. The molecule has 81 heavy (non-hydrogen) atoms. The quantitative estimate of drug-likeness (QED) is 0.0413. The van der Waals surface area contributed by atoms with Crippen LogP contribution in [0.4, 0.5) is 4.79 Å². The van der Waals surface area contributed by atoms with Crippen LogP contribution in [0.5, 0.6) is 0 Å². The summed E-state index contributed by atoms with van der Waals surface area (Å²) in [6.45, 7) is 7.78. The number of guanidine groups is 1. The van der Waals surface area contributed by atoms with Crippen LogP contribution in [0.3, 0.4) is 0 Å². The van der Waals surface area contributed by atoms with E-state index in [2.05, 4.69) is 58.5 Å². The van der Waals surface area contributed by atoms with Gasteiger partial charge in [-0.1, -0.05) is 102 Å². The smallest absolute Gasteiger partial charge is 0.408 e. The lowest BCUT2D eigenvalue weighted by Gasteiger charge is -2.33. The van der Waals surface area contributed by atoms with E-state index in [1.165, 1.54) is 38.1 Å². The van der Waals surface area contributed by atoms with Gasteiger partial charge in [0.2, 0.25) is 53.2 Å². The van der Waals surface area contributed by atoms with Crippen LogP contribution < -0.4 is 64.2 Å².